The van der Waals surface area contributed by atoms with Crippen molar-refractivity contribution in [2.24, 2.45) is 22.7 Å². The summed E-state index contributed by atoms with van der Waals surface area (Å²) in [5.74, 6) is 1.26. The van der Waals surface area contributed by atoms with Gasteiger partial charge in [-0.05, 0) is 29.1 Å². The number of rotatable bonds is 5. The molecule has 0 N–H and O–H groups in total. The Morgan fingerprint density at radius 3 is 2.35 bits per heavy atom. The molecule has 1 aliphatic heterocycles. The van der Waals surface area contributed by atoms with Crippen LogP contribution in [0.4, 0.5) is 0 Å². The van der Waals surface area contributed by atoms with Gasteiger partial charge >= 0.3 is 0 Å². The Bertz CT molecular complexity index is 222. The minimum absolute atomic E-state index is 0.244. The lowest BCUT2D eigenvalue weighted by atomic mass is 9.79. The predicted molar refractivity (Wildman–Crippen MR) is 72.1 cm³/mol. The first-order valence-electron chi connectivity index (χ1n) is 6.89. The van der Waals surface area contributed by atoms with Crippen LogP contribution >= 0.6 is 0 Å². The fraction of sp³-hybridized carbons (Fsp3) is 1.00. The highest BCUT2D eigenvalue weighted by Crippen LogP contribution is 2.34. The largest absolute Gasteiger partial charge is 0.381 e. The number of hydrogen-bond acceptors (Lipinski definition) is 2. The van der Waals surface area contributed by atoms with Crippen molar-refractivity contribution < 1.29 is 9.47 Å². The lowest BCUT2D eigenvalue weighted by Gasteiger charge is -2.32. The van der Waals surface area contributed by atoms with E-state index < -0.39 is 0 Å². The second-order valence-electron chi connectivity index (χ2n) is 7.33. The SMILES string of the molecule is CC(COCC(C)(C)C1CCOC1)C(C)(C)C. The van der Waals surface area contributed by atoms with Crippen LogP contribution in [0.3, 0.4) is 0 Å². The Morgan fingerprint density at radius 1 is 1.24 bits per heavy atom. The van der Waals surface area contributed by atoms with Gasteiger partial charge in [-0.15, -0.1) is 0 Å². The third-order valence-electron chi connectivity index (χ3n) is 4.36. The summed E-state index contributed by atoms with van der Waals surface area (Å²) < 4.78 is 11.4. The molecule has 2 heteroatoms. The Morgan fingerprint density at radius 2 is 1.88 bits per heavy atom. The topological polar surface area (TPSA) is 18.5 Å². The molecule has 2 nitrogen and oxygen atoms in total. The van der Waals surface area contributed by atoms with E-state index >= 15 is 0 Å². The zero-order valence-corrected chi connectivity index (χ0v) is 12.5. The van der Waals surface area contributed by atoms with E-state index in [1.807, 2.05) is 0 Å². The van der Waals surface area contributed by atoms with Gasteiger partial charge in [-0.1, -0.05) is 41.5 Å². The average molecular weight is 242 g/mol. The van der Waals surface area contributed by atoms with Crippen molar-refractivity contribution in [1.29, 1.82) is 0 Å². The highest BCUT2D eigenvalue weighted by molar-refractivity contribution is 4.81. The molecule has 0 aliphatic carbocycles. The maximum Gasteiger partial charge on any atom is 0.0520 e. The highest BCUT2D eigenvalue weighted by atomic mass is 16.5. The zero-order chi connectivity index (χ0) is 13.1. The molecule has 102 valence electrons. The van der Waals surface area contributed by atoms with Gasteiger partial charge in [-0.25, -0.2) is 0 Å². The second-order valence-corrected chi connectivity index (χ2v) is 7.33. The van der Waals surface area contributed by atoms with Crippen LogP contribution in [0.25, 0.3) is 0 Å². The van der Waals surface area contributed by atoms with Crippen molar-refractivity contribution in [3.05, 3.63) is 0 Å². The minimum atomic E-state index is 0.244. The molecule has 1 saturated heterocycles. The molecule has 1 fully saturated rings. The first kappa shape index (κ1) is 15.0. The van der Waals surface area contributed by atoms with Crippen LogP contribution in [0.5, 0.6) is 0 Å². The molecular formula is C15H30O2. The lowest BCUT2D eigenvalue weighted by molar-refractivity contribution is -0.00522. The molecule has 1 heterocycles. The third-order valence-corrected chi connectivity index (χ3v) is 4.36. The van der Waals surface area contributed by atoms with Crippen molar-refractivity contribution >= 4 is 0 Å². The molecule has 0 radical (unpaired) electrons. The summed E-state index contributed by atoms with van der Waals surface area (Å²) in [4.78, 5) is 0. The normalized spacial score (nSPS) is 24.0. The standard InChI is InChI=1S/C15H30O2/c1-12(14(2,3)4)9-17-11-15(5,6)13-7-8-16-10-13/h12-13H,7-11H2,1-6H3. The molecule has 0 aromatic rings. The predicted octanol–water partition coefficient (Wildman–Crippen LogP) is 3.75. The van der Waals surface area contributed by atoms with Gasteiger partial charge in [0.25, 0.3) is 0 Å². The van der Waals surface area contributed by atoms with E-state index in [1.54, 1.807) is 0 Å². The molecule has 0 spiro atoms. The second kappa shape index (κ2) is 5.71. The minimum Gasteiger partial charge on any atom is -0.381 e. The molecule has 2 unspecified atom stereocenters. The molecule has 17 heavy (non-hydrogen) atoms. The quantitative estimate of drug-likeness (QED) is 0.731. The Hall–Kier alpha value is -0.0800. The van der Waals surface area contributed by atoms with E-state index in [9.17, 15) is 0 Å². The number of ether oxygens (including phenoxy) is 2. The molecule has 1 aliphatic rings. The summed E-state index contributed by atoms with van der Waals surface area (Å²) in [6, 6.07) is 0. The molecule has 2 atom stereocenters. The first-order valence-corrected chi connectivity index (χ1v) is 6.89. The smallest absolute Gasteiger partial charge is 0.0520 e. The summed E-state index contributed by atoms with van der Waals surface area (Å²) in [5, 5.41) is 0. The Labute approximate surface area is 107 Å². The van der Waals surface area contributed by atoms with E-state index in [1.165, 1.54) is 6.42 Å². The van der Waals surface area contributed by atoms with Crippen molar-refractivity contribution in [2.45, 2.75) is 48.0 Å². The molecule has 0 amide bonds. The zero-order valence-electron chi connectivity index (χ0n) is 12.5. The molecule has 1 rings (SSSR count). The van der Waals surface area contributed by atoms with Crippen LogP contribution < -0.4 is 0 Å². The molecule has 0 aromatic heterocycles. The van der Waals surface area contributed by atoms with Gasteiger partial charge in [-0.2, -0.15) is 0 Å². The monoisotopic (exact) mass is 242 g/mol. The first-order chi connectivity index (χ1) is 7.73. The maximum atomic E-state index is 5.94. The van der Waals surface area contributed by atoms with Gasteiger partial charge < -0.3 is 9.47 Å². The van der Waals surface area contributed by atoms with Crippen molar-refractivity contribution in [3.63, 3.8) is 0 Å². The molecule has 0 bridgehead atoms. The summed E-state index contributed by atoms with van der Waals surface area (Å²) >= 11 is 0. The lowest BCUT2D eigenvalue weighted by Crippen LogP contribution is -2.31. The van der Waals surface area contributed by atoms with Crippen LogP contribution in [-0.2, 0) is 9.47 Å². The van der Waals surface area contributed by atoms with Crippen LogP contribution in [0, 0.1) is 22.7 Å². The summed E-state index contributed by atoms with van der Waals surface area (Å²) in [6.07, 6.45) is 1.19. The van der Waals surface area contributed by atoms with Gasteiger partial charge in [0.1, 0.15) is 0 Å². The number of hydrogen-bond donors (Lipinski definition) is 0. The highest BCUT2D eigenvalue weighted by Gasteiger charge is 2.33. The summed E-state index contributed by atoms with van der Waals surface area (Å²) in [7, 11) is 0. The van der Waals surface area contributed by atoms with E-state index in [0.717, 1.165) is 26.4 Å². The maximum absolute atomic E-state index is 5.94. The van der Waals surface area contributed by atoms with E-state index in [0.29, 0.717) is 17.3 Å². The van der Waals surface area contributed by atoms with Crippen LogP contribution in [0.2, 0.25) is 0 Å². The van der Waals surface area contributed by atoms with Crippen LogP contribution in [-0.4, -0.2) is 26.4 Å². The average Bonchev–Trinajstić information content (AvgIpc) is 2.68. The van der Waals surface area contributed by atoms with Gasteiger partial charge in [0.05, 0.1) is 13.2 Å². The van der Waals surface area contributed by atoms with E-state index in [-0.39, 0.29) is 5.41 Å². The Balaban J connectivity index is 2.30. The van der Waals surface area contributed by atoms with E-state index in [4.69, 9.17) is 9.47 Å². The van der Waals surface area contributed by atoms with Crippen molar-refractivity contribution in [2.75, 3.05) is 26.4 Å². The summed E-state index contributed by atoms with van der Waals surface area (Å²) in [6.45, 7) is 17.2. The fourth-order valence-corrected chi connectivity index (χ4v) is 2.02. The molecule has 0 aromatic carbocycles. The van der Waals surface area contributed by atoms with Gasteiger partial charge in [0.2, 0.25) is 0 Å². The molecule has 0 saturated carbocycles. The third kappa shape index (κ3) is 4.59. The van der Waals surface area contributed by atoms with Gasteiger partial charge in [0, 0.05) is 13.2 Å². The summed E-state index contributed by atoms with van der Waals surface area (Å²) in [5.41, 5.74) is 0.578. The van der Waals surface area contributed by atoms with Crippen LogP contribution in [0.1, 0.15) is 48.0 Å². The van der Waals surface area contributed by atoms with Gasteiger partial charge in [-0.3, -0.25) is 0 Å². The Kier molecular flexibility index (Phi) is 5.03. The van der Waals surface area contributed by atoms with Crippen molar-refractivity contribution in [1.82, 2.24) is 0 Å². The van der Waals surface area contributed by atoms with Crippen LogP contribution in [0.15, 0.2) is 0 Å². The van der Waals surface area contributed by atoms with Gasteiger partial charge in [0.15, 0.2) is 0 Å². The molecular weight excluding hydrogens is 212 g/mol. The van der Waals surface area contributed by atoms with E-state index in [2.05, 4.69) is 41.5 Å². The van der Waals surface area contributed by atoms with Crippen molar-refractivity contribution in [3.8, 4) is 0 Å². The fourth-order valence-electron chi connectivity index (χ4n) is 2.02.